The van der Waals surface area contributed by atoms with Gasteiger partial charge in [-0.1, -0.05) is 195 Å². The number of rotatable bonds is 12. The Morgan fingerprint density at radius 1 is 0.434 bits per heavy atom. The van der Waals surface area contributed by atoms with Crippen molar-refractivity contribution in [3.05, 3.63) is 228 Å². The van der Waals surface area contributed by atoms with E-state index in [1.165, 1.54) is 0 Å². The zero-order chi connectivity index (χ0) is 36.0. The zero-order valence-corrected chi connectivity index (χ0v) is 29.7. The second-order valence-corrected chi connectivity index (χ2v) is 13.8. The lowest BCUT2D eigenvalue weighted by Gasteiger charge is -2.34. The Labute approximate surface area is 312 Å². The van der Waals surface area contributed by atoms with Crippen molar-refractivity contribution in [2.45, 2.75) is 37.1 Å². The predicted octanol–water partition coefficient (Wildman–Crippen LogP) is 11.6. The van der Waals surface area contributed by atoms with Crippen molar-refractivity contribution in [2.75, 3.05) is 0 Å². The first kappa shape index (κ1) is 33.9. The van der Waals surface area contributed by atoms with Crippen molar-refractivity contribution in [2.24, 2.45) is 15.4 Å². The normalized spacial score (nSPS) is 19.4. The van der Waals surface area contributed by atoms with Gasteiger partial charge in [-0.2, -0.15) is 0 Å². The van der Waals surface area contributed by atoms with Gasteiger partial charge in [-0.3, -0.25) is 0 Å². The molecule has 260 valence electrons. The Morgan fingerprint density at radius 3 is 1.08 bits per heavy atom. The van der Waals surface area contributed by atoms with E-state index >= 15 is 0 Å². The lowest BCUT2D eigenvalue weighted by molar-refractivity contribution is 0.154. The van der Waals surface area contributed by atoms with Gasteiger partial charge in [0.25, 0.3) is 0 Å². The molecule has 53 heavy (non-hydrogen) atoms. The van der Waals surface area contributed by atoms with Crippen LogP contribution in [0.1, 0.15) is 68.8 Å². The van der Waals surface area contributed by atoms with Gasteiger partial charge in [-0.05, 0) is 57.3 Å². The number of benzene rings is 6. The van der Waals surface area contributed by atoms with Gasteiger partial charge in [0.2, 0.25) is 11.8 Å². The van der Waals surface area contributed by atoms with Gasteiger partial charge in [-0.15, -0.1) is 0 Å². The van der Waals surface area contributed by atoms with Gasteiger partial charge in [0.1, 0.15) is 17.5 Å². The smallest absolute Gasteiger partial charge is 0.201 e. The van der Waals surface area contributed by atoms with Crippen molar-refractivity contribution in [3.8, 4) is 0 Å². The molecule has 2 unspecified atom stereocenters. The van der Waals surface area contributed by atoms with Crippen LogP contribution in [0.3, 0.4) is 0 Å². The minimum absolute atomic E-state index is 0.267. The van der Waals surface area contributed by atoms with Gasteiger partial charge in [0, 0.05) is 0 Å². The second kappa shape index (κ2) is 15.1. The molecule has 2 aliphatic rings. The molecule has 8 rings (SSSR count). The fourth-order valence-electron chi connectivity index (χ4n) is 7.57. The maximum Gasteiger partial charge on any atom is 0.201 e. The summed E-state index contributed by atoms with van der Waals surface area (Å²) in [5, 5.41) is 0. The third kappa shape index (κ3) is 7.01. The molecule has 0 spiro atoms. The van der Waals surface area contributed by atoms with Crippen molar-refractivity contribution >= 4 is 23.9 Å². The maximum absolute atomic E-state index is 7.27. The minimum Gasteiger partial charge on any atom is -0.469 e. The average molecular weight is 691 g/mol. The number of hydrogen-bond acceptors (Lipinski definition) is 4. The maximum atomic E-state index is 7.27. The highest BCUT2D eigenvalue weighted by atomic mass is 16.5. The molecule has 0 saturated carbocycles. The molecule has 0 fully saturated rings. The number of nitrogens with zero attached hydrogens (tertiary/aromatic N) is 2. The SMILES string of the molecule is C=Cc1ccc(CC(Cc2ccc(C=C)cc2)(C2=N[C@H](c3ccccc3)C(c3ccccc3)O2)C2=N[C@H](c3ccccc3)C(c3ccccc3)O2)cc1. The number of hydrogen-bond donors (Lipinski definition) is 0. The summed E-state index contributed by atoms with van der Waals surface area (Å²) in [5.41, 5.74) is 7.78. The molecule has 0 saturated heterocycles. The predicted molar refractivity (Wildman–Crippen MR) is 217 cm³/mol. The monoisotopic (exact) mass is 690 g/mol. The van der Waals surface area contributed by atoms with E-state index in [4.69, 9.17) is 19.5 Å². The van der Waals surface area contributed by atoms with Crippen molar-refractivity contribution in [3.63, 3.8) is 0 Å². The highest BCUT2D eigenvalue weighted by molar-refractivity contribution is 6.07. The summed E-state index contributed by atoms with van der Waals surface area (Å²) in [6.07, 6.45) is 4.17. The summed E-state index contributed by atoms with van der Waals surface area (Å²) < 4.78 is 14.5. The van der Waals surface area contributed by atoms with E-state index in [-0.39, 0.29) is 24.3 Å². The van der Waals surface area contributed by atoms with Crippen LogP contribution in [0.15, 0.2) is 193 Å². The van der Waals surface area contributed by atoms with Crippen LogP contribution in [0.2, 0.25) is 0 Å². The molecular weight excluding hydrogens is 649 g/mol. The Morgan fingerprint density at radius 2 is 0.755 bits per heavy atom. The average Bonchev–Trinajstić information content (AvgIpc) is 3.90. The summed E-state index contributed by atoms with van der Waals surface area (Å²) >= 11 is 0. The van der Waals surface area contributed by atoms with Crippen LogP contribution in [0.25, 0.3) is 12.2 Å². The molecule has 0 amide bonds. The Kier molecular flexibility index (Phi) is 9.68. The zero-order valence-electron chi connectivity index (χ0n) is 29.7. The molecule has 2 heterocycles. The third-order valence-corrected chi connectivity index (χ3v) is 10.4. The first-order valence-electron chi connectivity index (χ1n) is 18.3. The molecule has 0 aliphatic carbocycles. The van der Waals surface area contributed by atoms with Gasteiger partial charge in [-0.25, -0.2) is 9.98 Å². The Hall–Kier alpha value is -6.26. The molecule has 4 heteroatoms. The van der Waals surface area contributed by atoms with E-state index < -0.39 is 5.41 Å². The van der Waals surface area contributed by atoms with Crippen LogP contribution < -0.4 is 0 Å². The molecular formula is C49H42N2O2. The highest BCUT2D eigenvalue weighted by Gasteiger charge is 2.53. The van der Waals surface area contributed by atoms with Crippen LogP contribution in [0.5, 0.6) is 0 Å². The van der Waals surface area contributed by atoms with E-state index in [9.17, 15) is 0 Å². The topological polar surface area (TPSA) is 43.2 Å². The van der Waals surface area contributed by atoms with Gasteiger partial charge in [0.05, 0.1) is 0 Å². The summed E-state index contributed by atoms with van der Waals surface area (Å²) in [4.78, 5) is 11.2. The molecule has 0 N–H and O–H groups in total. The molecule has 0 radical (unpaired) electrons. The molecule has 0 aromatic heterocycles. The molecule has 4 atom stereocenters. The number of aliphatic imine (C=N–C) groups is 2. The van der Waals surface area contributed by atoms with E-state index in [1.54, 1.807) is 0 Å². The molecule has 0 bridgehead atoms. The van der Waals surface area contributed by atoms with Gasteiger partial charge >= 0.3 is 0 Å². The van der Waals surface area contributed by atoms with Crippen LogP contribution in [0.4, 0.5) is 0 Å². The molecule has 2 aliphatic heterocycles. The van der Waals surface area contributed by atoms with Crippen LogP contribution in [-0.2, 0) is 22.3 Å². The van der Waals surface area contributed by atoms with Crippen LogP contribution in [0, 0.1) is 5.41 Å². The third-order valence-electron chi connectivity index (χ3n) is 10.4. The van der Waals surface area contributed by atoms with Crippen LogP contribution >= 0.6 is 0 Å². The van der Waals surface area contributed by atoms with Crippen molar-refractivity contribution in [1.82, 2.24) is 0 Å². The van der Waals surface area contributed by atoms with Crippen LogP contribution in [-0.4, -0.2) is 11.8 Å². The lowest BCUT2D eigenvalue weighted by Crippen LogP contribution is -2.44. The Bertz CT molecular complexity index is 2050. The Balaban J connectivity index is 1.35. The number of ether oxygens (including phenoxy) is 2. The first-order chi connectivity index (χ1) is 26.1. The largest absolute Gasteiger partial charge is 0.469 e. The lowest BCUT2D eigenvalue weighted by atomic mass is 9.75. The van der Waals surface area contributed by atoms with E-state index in [0.29, 0.717) is 24.6 Å². The molecule has 6 aromatic rings. The summed E-state index contributed by atoms with van der Waals surface area (Å²) in [6, 6.07) is 58.3. The van der Waals surface area contributed by atoms with E-state index in [2.05, 4.69) is 159 Å². The van der Waals surface area contributed by atoms with E-state index in [0.717, 1.165) is 44.5 Å². The van der Waals surface area contributed by atoms with Gasteiger partial charge in [0.15, 0.2) is 12.2 Å². The molecule has 6 aromatic carbocycles. The van der Waals surface area contributed by atoms with E-state index in [1.807, 2.05) is 36.4 Å². The quantitative estimate of drug-likeness (QED) is 0.128. The summed E-state index contributed by atoms with van der Waals surface area (Å²) in [5.74, 6) is 1.25. The minimum atomic E-state index is -0.904. The van der Waals surface area contributed by atoms with Crippen molar-refractivity contribution < 1.29 is 9.47 Å². The summed E-state index contributed by atoms with van der Waals surface area (Å²) in [6.45, 7) is 7.99. The highest BCUT2D eigenvalue weighted by Crippen LogP contribution is 2.50. The van der Waals surface area contributed by atoms with Crippen molar-refractivity contribution in [1.29, 1.82) is 0 Å². The first-order valence-corrected chi connectivity index (χ1v) is 18.3. The fourth-order valence-corrected chi connectivity index (χ4v) is 7.57. The fraction of sp³-hybridized carbons (Fsp3) is 0.143. The van der Waals surface area contributed by atoms with Gasteiger partial charge < -0.3 is 9.47 Å². The summed E-state index contributed by atoms with van der Waals surface area (Å²) in [7, 11) is 0. The standard InChI is InChI=1S/C49H42N2O2/c1-3-35-25-29-37(30-26-35)33-49(34-38-31-27-36(4-2)28-32-38,47-50-43(39-17-9-5-10-18-39)45(52-47)41-21-13-7-14-22-41)48-51-44(40-19-11-6-12-20-40)46(53-48)42-23-15-8-16-24-42/h3-32,43-46H,1-2,33-34H2/t43-,44-,45?,46?/m1/s1. The molecule has 4 nitrogen and oxygen atoms in total. The second-order valence-electron chi connectivity index (χ2n) is 13.8.